The second-order valence-electron chi connectivity index (χ2n) is 14.6. The summed E-state index contributed by atoms with van der Waals surface area (Å²) in [5, 5.41) is 0. The minimum absolute atomic E-state index is 0.0406. The van der Waals surface area contributed by atoms with Crippen LogP contribution in [0.5, 0.6) is 0 Å². The molecular formula is C36H53NO4. The molecule has 6 aliphatic rings. The lowest BCUT2D eigenvalue weighted by Crippen LogP contribution is -2.46. The molecule has 5 heteroatoms. The lowest BCUT2D eigenvalue weighted by atomic mass is 9.51. The number of rotatable bonds is 7. The van der Waals surface area contributed by atoms with Crippen molar-refractivity contribution in [3.8, 4) is 0 Å². The van der Waals surface area contributed by atoms with Gasteiger partial charge in [-0.1, -0.05) is 30.2 Å². The number of hydrogen-bond donors (Lipinski definition) is 0. The third-order valence-corrected chi connectivity index (χ3v) is 12.3. The van der Waals surface area contributed by atoms with E-state index >= 15 is 0 Å². The van der Waals surface area contributed by atoms with Gasteiger partial charge >= 0.3 is 0 Å². The smallest absolute Gasteiger partial charge is 0.169 e. The molecule has 0 bridgehead atoms. The van der Waals surface area contributed by atoms with E-state index in [0.717, 1.165) is 76.3 Å². The number of ether oxygens (including phenoxy) is 4. The summed E-state index contributed by atoms with van der Waals surface area (Å²) < 4.78 is 24.5. The summed E-state index contributed by atoms with van der Waals surface area (Å²) in [6, 6.07) is 9.59. The standard InChI is InChI=1S/C36H53NO4/c1-35-24-31(25-9-13-28(14-10-25)37(2)3)34-29-17-18-36(40-21-22-41-36)23-26(29)11-15-30(34)32(35)16-12-27(35)7-6-20-39-33-8-4-5-19-38-33/h9-10,13-14,26-27,30-33H,4-8,11-12,15-24H2,1-3H3/t26?,27?,30?,31?,32-,33?,35-/m0/s1. The minimum Gasteiger partial charge on any atom is -0.378 e. The Morgan fingerprint density at radius 3 is 2.51 bits per heavy atom. The number of benzene rings is 1. The van der Waals surface area contributed by atoms with Gasteiger partial charge in [-0.05, 0) is 117 Å². The van der Waals surface area contributed by atoms with E-state index in [1.165, 1.54) is 57.1 Å². The van der Waals surface area contributed by atoms with Gasteiger partial charge in [-0.25, -0.2) is 0 Å². The fourth-order valence-corrected chi connectivity index (χ4v) is 10.3. The third kappa shape index (κ3) is 5.32. The van der Waals surface area contributed by atoms with Crippen LogP contribution in [0.15, 0.2) is 35.4 Å². The van der Waals surface area contributed by atoms with E-state index < -0.39 is 0 Å². The number of nitrogens with zero attached hydrogens (tertiary/aromatic N) is 1. The average molecular weight is 564 g/mol. The topological polar surface area (TPSA) is 40.2 Å². The number of fused-ring (bicyclic) bond motifs is 4. The Labute approximate surface area is 248 Å². The zero-order chi connectivity index (χ0) is 28.0. The quantitative estimate of drug-likeness (QED) is 0.250. The second-order valence-corrected chi connectivity index (χ2v) is 14.6. The van der Waals surface area contributed by atoms with Crippen LogP contribution in [0.1, 0.15) is 102 Å². The molecule has 4 aliphatic carbocycles. The first-order valence-electron chi connectivity index (χ1n) is 17.0. The van der Waals surface area contributed by atoms with E-state index in [0.29, 0.717) is 17.3 Å². The van der Waals surface area contributed by atoms with E-state index in [9.17, 15) is 0 Å². The molecule has 0 aromatic heterocycles. The van der Waals surface area contributed by atoms with Gasteiger partial charge < -0.3 is 23.8 Å². The zero-order valence-electron chi connectivity index (χ0n) is 25.9. The van der Waals surface area contributed by atoms with Crippen molar-refractivity contribution in [2.24, 2.45) is 29.1 Å². The first-order valence-corrected chi connectivity index (χ1v) is 17.0. The van der Waals surface area contributed by atoms with Gasteiger partial charge in [-0.3, -0.25) is 0 Å². The highest BCUT2D eigenvalue weighted by Crippen LogP contribution is 2.67. The summed E-state index contributed by atoms with van der Waals surface area (Å²) in [5.74, 6) is 3.25. The molecule has 1 spiro atoms. The fraction of sp³-hybridized carbons (Fsp3) is 0.778. The van der Waals surface area contributed by atoms with E-state index in [1.54, 1.807) is 11.1 Å². The van der Waals surface area contributed by atoms with Crippen LogP contribution >= 0.6 is 0 Å². The molecule has 226 valence electrons. The van der Waals surface area contributed by atoms with E-state index in [4.69, 9.17) is 18.9 Å². The van der Waals surface area contributed by atoms with Crippen LogP contribution in [-0.4, -0.2) is 52.6 Å². The van der Waals surface area contributed by atoms with Crippen molar-refractivity contribution in [3.05, 3.63) is 41.0 Å². The first-order chi connectivity index (χ1) is 20.0. The maximum atomic E-state index is 6.23. The highest BCUT2D eigenvalue weighted by Gasteiger charge is 2.57. The van der Waals surface area contributed by atoms with Crippen molar-refractivity contribution in [1.29, 1.82) is 0 Å². The van der Waals surface area contributed by atoms with Gasteiger partial charge in [0.15, 0.2) is 12.1 Å². The maximum absolute atomic E-state index is 6.23. The monoisotopic (exact) mass is 563 g/mol. The summed E-state index contributed by atoms with van der Waals surface area (Å²) in [6.07, 6.45) is 16.0. The van der Waals surface area contributed by atoms with Crippen molar-refractivity contribution < 1.29 is 18.9 Å². The number of anilines is 1. The predicted molar refractivity (Wildman–Crippen MR) is 163 cm³/mol. The van der Waals surface area contributed by atoms with Crippen molar-refractivity contribution in [2.45, 2.75) is 108 Å². The summed E-state index contributed by atoms with van der Waals surface area (Å²) in [6.45, 7) is 5.94. The fourth-order valence-electron chi connectivity index (χ4n) is 10.3. The molecule has 0 radical (unpaired) electrons. The van der Waals surface area contributed by atoms with Crippen molar-refractivity contribution in [2.75, 3.05) is 45.4 Å². The minimum atomic E-state index is -0.295. The molecule has 5 unspecified atom stereocenters. The lowest BCUT2D eigenvalue weighted by molar-refractivity contribution is -0.181. The van der Waals surface area contributed by atoms with Gasteiger partial charge in [-0.15, -0.1) is 0 Å². The van der Waals surface area contributed by atoms with Crippen LogP contribution in [0, 0.1) is 29.1 Å². The van der Waals surface area contributed by atoms with Gasteiger partial charge in [0, 0.05) is 51.8 Å². The van der Waals surface area contributed by atoms with Gasteiger partial charge in [0.25, 0.3) is 0 Å². The van der Waals surface area contributed by atoms with E-state index in [-0.39, 0.29) is 12.1 Å². The third-order valence-electron chi connectivity index (χ3n) is 12.3. The Balaban J connectivity index is 1.14. The molecule has 2 heterocycles. The molecule has 0 amide bonds. The molecule has 2 saturated heterocycles. The van der Waals surface area contributed by atoms with Crippen LogP contribution in [0.3, 0.4) is 0 Å². The maximum Gasteiger partial charge on any atom is 0.169 e. The van der Waals surface area contributed by atoms with Crippen LogP contribution in [0.25, 0.3) is 0 Å². The Bertz CT molecular complexity index is 1090. The molecule has 0 N–H and O–H groups in total. The van der Waals surface area contributed by atoms with Crippen molar-refractivity contribution in [3.63, 3.8) is 0 Å². The molecule has 1 aromatic rings. The Hall–Kier alpha value is -1.40. The second kappa shape index (κ2) is 11.6. The Morgan fingerprint density at radius 2 is 1.76 bits per heavy atom. The first kappa shape index (κ1) is 28.4. The molecule has 3 saturated carbocycles. The van der Waals surface area contributed by atoms with E-state index in [1.807, 2.05) is 5.57 Å². The molecular weight excluding hydrogens is 510 g/mol. The summed E-state index contributed by atoms with van der Waals surface area (Å²) in [7, 11) is 4.29. The number of hydrogen-bond acceptors (Lipinski definition) is 5. The van der Waals surface area contributed by atoms with Gasteiger partial charge in [0.05, 0.1) is 13.2 Å². The summed E-state index contributed by atoms with van der Waals surface area (Å²) in [4.78, 5) is 2.22. The average Bonchev–Trinajstić information content (AvgIpc) is 3.58. The molecule has 5 fully saturated rings. The SMILES string of the molecule is CN(C)c1ccc(C2C[C@@]3(C)C(CCCOC4CCCCO4)CC[C@H]3C3CCC4CC5(CCC4=C23)OCCO5)cc1. The molecule has 7 rings (SSSR count). The lowest BCUT2D eigenvalue weighted by Gasteiger charge is -2.54. The Kier molecular flexibility index (Phi) is 8.03. The predicted octanol–water partition coefficient (Wildman–Crippen LogP) is 7.85. The van der Waals surface area contributed by atoms with Crippen molar-refractivity contribution >= 4 is 5.69 Å². The molecule has 1 aromatic carbocycles. The number of allylic oxidation sites excluding steroid dienone is 2. The molecule has 41 heavy (non-hydrogen) atoms. The highest BCUT2D eigenvalue weighted by atomic mass is 16.7. The summed E-state index contributed by atoms with van der Waals surface area (Å²) >= 11 is 0. The Morgan fingerprint density at radius 1 is 0.927 bits per heavy atom. The molecule has 5 nitrogen and oxygen atoms in total. The van der Waals surface area contributed by atoms with Gasteiger partial charge in [0.1, 0.15) is 0 Å². The normalized spacial score (nSPS) is 38.0. The summed E-state index contributed by atoms with van der Waals surface area (Å²) in [5.41, 5.74) is 6.90. The van der Waals surface area contributed by atoms with Crippen LogP contribution in [-0.2, 0) is 18.9 Å². The van der Waals surface area contributed by atoms with Crippen LogP contribution < -0.4 is 4.90 Å². The largest absolute Gasteiger partial charge is 0.378 e. The van der Waals surface area contributed by atoms with Crippen LogP contribution in [0.2, 0.25) is 0 Å². The van der Waals surface area contributed by atoms with Crippen molar-refractivity contribution in [1.82, 2.24) is 0 Å². The zero-order valence-corrected chi connectivity index (χ0v) is 25.9. The molecule has 7 atom stereocenters. The highest BCUT2D eigenvalue weighted by molar-refractivity contribution is 5.49. The van der Waals surface area contributed by atoms with Gasteiger partial charge in [0.2, 0.25) is 0 Å². The molecule has 2 aliphatic heterocycles. The van der Waals surface area contributed by atoms with E-state index in [2.05, 4.69) is 50.2 Å². The van der Waals surface area contributed by atoms with Gasteiger partial charge in [-0.2, -0.15) is 0 Å². The van der Waals surface area contributed by atoms with Crippen LogP contribution in [0.4, 0.5) is 5.69 Å².